The van der Waals surface area contributed by atoms with Gasteiger partial charge >= 0.3 is 0 Å². The number of hydrogen-bond donors (Lipinski definition) is 0. The fourth-order valence-corrected chi connectivity index (χ4v) is 3.85. The van der Waals surface area contributed by atoms with E-state index in [0.717, 1.165) is 50.6 Å². The molecule has 2 aliphatic heterocycles. The van der Waals surface area contributed by atoms with Gasteiger partial charge in [-0.1, -0.05) is 17.7 Å². The summed E-state index contributed by atoms with van der Waals surface area (Å²) in [6, 6.07) is 7.79. The van der Waals surface area contributed by atoms with Crippen molar-refractivity contribution in [2.24, 2.45) is 5.92 Å². The number of amides is 1. The zero-order chi connectivity index (χ0) is 18.0. The Balaban J connectivity index is 1.20. The van der Waals surface area contributed by atoms with Crippen LogP contribution in [0.1, 0.15) is 37.7 Å². The summed E-state index contributed by atoms with van der Waals surface area (Å²) in [5.41, 5.74) is 1.10. The highest BCUT2D eigenvalue weighted by molar-refractivity contribution is 5.77. The van der Waals surface area contributed by atoms with E-state index in [4.69, 9.17) is 14.2 Å². The van der Waals surface area contributed by atoms with Crippen LogP contribution >= 0.6 is 0 Å². The van der Waals surface area contributed by atoms with E-state index in [1.165, 1.54) is 18.4 Å². The van der Waals surface area contributed by atoms with Crippen LogP contribution in [0.15, 0.2) is 24.3 Å². The Morgan fingerprint density at radius 1 is 1.23 bits per heavy atom. The highest BCUT2D eigenvalue weighted by atomic mass is 16.6. The molecule has 1 aromatic carbocycles. The van der Waals surface area contributed by atoms with Gasteiger partial charge in [0.2, 0.25) is 0 Å². The minimum Gasteiger partial charge on any atom is -0.484 e. The monoisotopic (exact) mass is 359 g/mol. The van der Waals surface area contributed by atoms with E-state index in [1.807, 2.05) is 36.1 Å². The first-order valence-corrected chi connectivity index (χ1v) is 9.85. The Morgan fingerprint density at radius 2 is 1.96 bits per heavy atom. The smallest absolute Gasteiger partial charge is 0.260 e. The van der Waals surface area contributed by atoms with Gasteiger partial charge in [0.05, 0.1) is 18.3 Å². The second-order valence-corrected chi connectivity index (χ2v) is 8.08. The first kappa shape index (κ1) is 17.8. The lowest BCUT2D eigenvalue weighted by Gasteiger charge is -2.38. The Kier molecular flexibility index (Phi) is 5.18. The van der Waals surface area contributed by atoms with Gasteiger partial charge in [-0.05, 0) is 50.7 Å². The predicted octanol–water partition coefficient (Wildman–Crippen LogP) is 2.95. The minimum atomic E-state index is -0.0805. The average molecular weight is 359 g/mol. The summed E-state index contributed by atoms with van der Waals surface area (Å²) in [5, 5.41) is 0. The van der Waals surface area contributed by atoms with Gasteiger partial charge in [0.15, 0.2) is 6.61 Å². The third-order valence-electron chi connectivity index (χ3n) is 5.85. The molecule has 2 heterocycles. The third kappa shape index (κ3) is 4.38. The van der Waals surface area contributed by atoms with Crippen LogP contribution in [-0.4, -0.2) is 55.4 Å². The molecular formula is C21H29NO4. The van der Waals surface area contributed by atoms with Crippen LogP contribution in [0.3, 0.4) is 0 Å². The zero-order valence-corrected chi connectivity index (χ0v) is 15.6. The van der Waals surface area contributed by atoms with E-state index in [0.29, 0.717) is 6.61 Å². The molecule has 2 saturated heterocycles. The number of carbonyl (C=O) groups is 1. The molecule has 5 heteroatoms. The van der Waals surface area contributed by atoms with Crippen LogP contribution in [0.25, 0.3) is 0 Å². The molecule has 1 aliphatic carbocycles. The molecule has 5 nitrogen and oxygen atoms in total. The molecule has 1 amide bonds. The van der Waals surface area contributed by atoms with Crippen molar-refractivity contribution in [2.75, 3.05) is 32.9 Å². The van der Waals surface area contributed by atoms with E-state index < -0.39 is 0 Å². The maximum Gasteiger partial charge on any atom is 0.260 e. The lowest BCUT2D eigenvalue weighted by atomic mass is 9.88. The number of hydrogen-bond acceptors (Lipinski definition) is 4. The van der Waals surface area contributed by atoms with Crippen molar-refractivity contribution >= 4 is 5.91 Å². The molecule has 3 aliphatic rings. The number of likely N-dealkylation sites (tertiary alicyclic amines) is 1. The summed E-state index contributed by atoms with van der Waals surface area (Å²) >= 11 is 0. The van der Waals surface area contributed by atoms with Crippen LogP contribution < -0.4 is 4.74 Å². The molecule has 0 aromatic heterocycles. The van der Waals surface area contributed by atoms with E-state index in [-0.39, 0.29) is 24.2 Å². The highest BCUT2D eigenvalue weighted by Gasteiger charge is 2.44. The molecular weight excluding hydrogens is 330 g/mol. The number of benzene rings is 1. The van der Waals surface area contributed by atoms with Gasteiger partial charge in [-0.15, -0.1) is 0 Å². The second-order valence-electron chi connectivity index (χ2n) is 8.08. The molecule has 0 bridgehead atoms. The standard InChI is InChI=1S/C21H29NO4/c1-16-2-6-18(7-3-16)25-15-20(23)22-10-8-21(9-11-22)12-19(14-26-21)24-13-17-4-5-17/h2-3,6-7,17,19H,4-5,8-15H2,1H3. The zero-order valence-electron chi connectivity index (χ0n) is 15.6. The number of nitrogens with zero attached hydrogens (tertiary/aromatic N) is 1. The highest BCUT2D eigenvalue weighted by Crippen LogP contribution is 2.38. The molecule has 142 valence electrons. The fourth-order valence-electron chi connectivity index (χ4n) is 3.85. The molecule has 4 rings (SSSR count). The first-order chi connectivity index (χ1) is 12.6. The van der Waals surface area contributed by atoms with Crippen molar-refractivity contribution in [1.29, 1.82) is 0 Å². The van der Waals surface area contributed by atoms with E-state index >= 15 is 0 Å². The van der Waals surface area contributed by atoms with Gasteiger partial charge < -0.3 is 19.1 Å². The quantitative estimate of drug-likeness (QED) is 0.784. The SMILES string of the molecule is Cc1ccc(OCC(=O)N2CCC3(CC2)CC(OCC2CC2)CO3)cc1. The number of rotatable bonds is 6. The predicted molar refractivity (Wildman–Crippen MR) is 98.3 cm³/mol. The molecule has 1 saturated carbocycles. The lowest BCUT2D eigenvalue weighted by Crippen LogP contribution is -2.47. The summed E-state index contributed by atoms with van der Waals surface area (Å²) in [6.07, 6.45) is 5.64. The molecule has 26 heavy (non-hydrogen) atoms. The van der Waals surface area contributed by atoms with E-state index in [1.54, 1.807) is 0 Å². The maximum atomic E-state index is 12.4. The summed E-state index contributed by atoms with van der Waals surface area (Å²) in [7, 11) is 0. The fraction of sp³-hybridized carbons (Fsp3) is 0.667. The Labute approximate surface area is 155 Å². The maximum absolute atomic E-state index is 12.4. The van der Waals surface area contributed by atoms with E-state index in [2.05, 4.69) is 0 Å². The van der Waals surface area contributed by atoms with Gasteiger partial charge in [0, 0.05) is 26.1 Å². The number of carbonyl (C=O) groups excluding carboxylic acids is 1. The average Bonchev–Trinajstić information content (AvgIpc) is 3.41. The third-order valence-corrected chi connectivity index (χ3v) is 5.85. The first-order valence-electron chi connectivity index (χ1n) is 9.85. The number of piperidine rings is 1. The number of aryl methyl sites for hydroxylation is 1. The largest absolute Gasteiger partial charge is 0.484 e. The topological polar surface area (TPSA) is 48.0 Å². The van der Waals surface area contributed by atoms with Crippen LogP contribution in [0.4, 0.5) is 0 Å². The lowest BCUT2D eigenvalue weighted by molar-refractivity contribution is -0.138. The molecule has 1 spiro atoms. The Hall–Kier alpha value is -1.59. The van der Waals surface area contributed by atoms with Crippen molar-refractivity contribution in [2.45, 2.75) is 50.7 Å². The minimum absolute atomic E-state index is 0.0555. The molecule has 3 fully saturated rings. The summed E-state index contributed by atoms with van der Waals surface area (Å²) < 4.78 is 17.7. The number of ether oxygens (including phenoxy) is 3. The van der Waals surface area contributed by atoms with Gasteiger partial charge in [0.1, 0.15) is 5.75 Å². The van der Waals surface area contributed by atoms with Crippen molar-refractivity contribution in [3.05, 3.63) is 29.8 Å². The Morgan fingerprint density at radius 3 is 2.65 bits per heavy atom. The van der Waals surface area contributed by atoms with Gasteiger partial charge in [-0.25, -0.2) is 0 Å². The van der Waals surface area contributed by atoms with Crippen LogP contribution in [0, 0.1) is 12.8 Å². The second kappa shape index (κ2) is 7.57. The van der Waals surface area contributed by atoms with Crippen LogP contribution in [0.2, 0.25) is 0 Å². The molecule has 0 N–H and O–H groups in total. The molecule has 1 atom stereocenters. The van der Waals surface area contributed by atoms with Crippen molar-refractivity contribution < 1.29 is 19.0 Å². The van der Waals surface area contributed by atoms with Crippen LogP contribution in [-0.2, 0) is 14.3 Å². The van der Waals surface area contributed by atoms with E-state index in [9.17, 15) is 4.79 Å². The normalized spacial score (nSPS) is 24.8. The van der Waals surface area contributed by atoms with Crippen molar-refractivity contribution in [3.8, 4) is 5.75 Å². The summed E-state index contributed by atoms with van der Waals surface area (Å²) in [4.78, 5) is 14.3. The van der Waals surface area contributed by atoms with Crippen molar-refractivity contribution in [3.63, 3.8) is 0 Å². The molecule has 1 unspecified atom stereocenters. The van der Waals surface area contributed by atoms with Crippen molar-refractivity contribution in [1.82, 2.24) is 4.90 Å². The summed E-state index contributed by atoms with van der Waals surface area (Å²) in [5.74, 6) is 1.59. The van der Waals surface area contributed by atoms with Gasteiger partial charge in [-0.2, -0.15) is 0 Å². The summed E-state index contributed by atoms with van der Waals surface area (Å²) in [6.45, 7) is 5.22. The van der Waals surface area contributed by atoms with Gasteiger partial charge in [-0.3, -0.25) is 4.79 Å². The molecule has 0 radical (unpaired) electrons. The molecule has 1 aromatic rings. The van der Waals surface area contributed by atoms with Crippen LogP contribution in [0.5, 0.6) is 5.75 Å². The Bertz CT molecular complexity index is 617. The van der Waals surface area contributed by atoms with Gasteiger partial charge in [0.25, 0.3) is 5.91 Å².